The van der Waals surface area contributed by atoms with Gasteiger partial charge in [-0.3, -0.25) is 9.59 Å². The van der Waals surface area contributed by atoms with E-state index in [2.05, 4.69) is 31.4 Å². The second kappa shape index (κ2) is 12.1. The lowest BCUT2D eigenvalue weighted by Crippen LogP contribution is -2.26. The molecule has 2 amide bonds. The van der Waals surface area contributed by atoms with E-state index in [1.165, 1.54) is 30.2 Å². The summed E-state index contributed by atoms with van der Waals surface area (Å²) in [5.41, 5.74) is 2.92. The Labute approximate surface area is 248 Å². The van der Waals surface area contributed by atoms with Gasteiger partial charge in [0.05, 0.1) is 18.4 Å². The van der Waals surface area contributed by atoms with Crippen LogP contribution in [0.1, 0.15) is 58.3 Å². The van der Waals surface area contributed by atoms with Gasteiger partial charge in [0.2, 0.25) is 5.91 Å². The van der Waals surface area contributed by atoms with Gasteiger partial charge in [0.1, 0.15) is 5.00 Å². The number of amides is 2. The van der Waals surface area contributed by atoms with Gasteiger partial charge in [-0.1, -0.05) is 57.2 Å². The lowest BCUT2D eigenvalue weighted by atomic mass is 9.72. The zero-order valence-corrected chi connectivity index (χ0v) is 25.3. The van der Waals surface area contributed by atoms with Crippen LogP contribution in [0.25, 0.3) is 10.8 Å². The molecule has 0 saturated heterocycles. The van der Waals surface area contributed by atoms with Crippen LogP contribution in [0.4, 0.5) is 10.7 Å². The highest BCUT2D eigenvalue weighted by Gasteiger charge is 2.34. The fourth-order valence-electron chi connectivity index (χ4n) is 5.24. The number of nitrogens with one attached hydrogen (secondary N) is 2. The van der Waals surface area contributed by atoms with Crippen molar-refractivity contribution >= 4 is 62.3 Å². The van der Waals surface area contributed by atoms with Crippen molar-refractivity contribution in [1.82, 2.24) is 0 Å². The Kier molecular flexibility index (Phi) is 8.52. The predicted molar refractivity (Wildman–Crippen MR) is 168 cm³/mol. The number of rotatable bonds is 7. The largest absolute Gasteiger partial charge is 0.465 e. The molecule has 0 radical (unpaired) electrons. The second-order valence-electron chi connectivity index (χ2n) is 11.4. The van der Waals surface area contributed by atoms with Crippen molar-refractivity contribution in [2.45, 2.75) is 44.9 Å². The molecule has 0 saturated carbocycles. The maximum atomic E-state index is 13.0. The van der Waals surface area contributed by atoms with Gasteiger partial charge in [0, 0.05) is 21.0 Å². The number of hydrogen-bond acceptors (Lipinski definition) is 6. The van der Waals surface area contributed by atoms with Crippen LogP contribution < -0.4 is 10.6 Å². The van der Waals surface area contributed by atoms with E-state index in [0.29, 0.717) is 27.7 Å². The number of hydrogen-bond donors (Lipinski definition) is 2. The van der Waals surface area contributed by atoms with Crippen molar-refractivity contribution in [3.05, 3.63) is 88.3 Å². The maximum Gasteiger partial charge on any atom is 0.341 e. The zero-order chi connectivity index (χ0) is 29.1. The summed E-state index contributed by atoms with van der Waals surface area (Å²) in [6.07, 6.45) is 2.71. The van der Waals surface area contributed by atoms with Crippen molar-refractivity contribution in [3.8, 4) is 0 Å². The molecule has 0 fully saturated rings. The molecule has 212 valence electrons. The fraction of sp³-hybridized carbons (Fsp3) is 0.303. The average Bonchev–Trinajstić information content (AvgIpc) is 3.32. The molecule has 41 heavy (non-hydrogen) atoms. The molecule has 2 N–H and O–H groups in total. The number of thioether (sulfide) groups is 1. The van der Waals surface area contributed by atoms with Crippen LogP contribution in [0, 0.1) is 11.3 Å². The minimum atomic E-state index is -0.408. The molecule has 1 unspecified atom stereocenters. The third-order valence-corrected chi connectivity index (χ3v) is 9.77. The number of methoxy groups -OCH3 is 1. The number of carbonyl (C=O) groups is 3. The van der Waals surface area contributed by atoms with Gasteiger partial charge in [0.25, 0.3) is 5.91 Å². The van der Waals surface area contributed by atoms with Crippen molar-refractivity contribution < 1.29 is 19.1 Å². The summed E-state index contributed by atoms with van der Waals surface area (Å²) in [7, 11) is 1.38. The van der Waals surface area contributed by atoms with Gasteiger partial charge in [0.15, 0.2) is 0 Å². The fourth-order valence-corrected chi connectivity index (χ4v) is 7.33. The number of ether oxygens (including phenoxy) is 1. The highest BCUT2D eigenvalue weighted by atomic mass is 32.2. The minimum Gasteiger partial charge on any atom is -0.465 e. The maximum absolute atomic E-state index is 13.0. The topological polar surface area (TPSA) is 84.5 Å². The van der Waals surface area contributed by atoms with E-state index in [9.17, 15) is 14.4 Å². The zero-order valence-electron chi connectivity index (χ0n) is 23.7. The van der Waals surface area contributed by atoms with Gasteiger partial charge < -0.3 is 15.4 Å². The molecule has 1 atom stereocenters. The first-order valence-electron chi connectivity index (χ1n) is 13.7. The monoisotopic (exact) mass is 586 g/mol. The normalized spacial score (nSPS) is 14.8. The number of carbonyl (C=O) groups excluding carboxylic acids is 3. The van der Waals surface area contributed by atoms with Gasteiger partial charge in [-0.15, -0.1) is 23.1 Å². The second-order valence-corrected chi connectivity index (χ2v) is 13.5. The SMILES string of the molecule is COC(=O)c1c(NC(=O)CSc2cccc(NC(=O)c3ccc4ccccc4c3)c2)sc2c1CCC(C(C)(C)C)C2. The van der Waals surface area contributed by atoms with Crippen LogP contribution >= 0.6 is 23.1 Å². The molecule has 0 aliphatic heterocycles. The highest BCUT2D eigenvalue weighted by molar-refractivity contribution is 8.00. The molecule has 1 heterocycles. The van der Waals surface area contributed by atoms with Crippen molar-refractivity contribution in [3.63, 3.8) is 0 Å². The van der Waals surface area contributed by atoms with Gasteiger partial charge in [-0.25, -0.2) is 4.79 Å². The van der Waals surface area contributed by atoms with Crippen LogP contribution in [-0.4, -0.2) is 30.6 Å². The van der Waals surface area contributed by atoms with Crippen LogP contribution in [0.5, 0.6) is 0 Å². The smallest absolute Gasteiger partial charge is 0.341 e. The van der Waals surface area contributed by atoms with Gasteiger partial charge >= 0.3 is 5.97 Å². The van der Waals surface area contributed by atoms with Crippen molar-refractivity contribution in [2.75, 3.05) is 23.5 Å². The van der Waals surface area contributed by atoms with E-state index in [-0.39, 0.29) is 23.0 Å². The lowest BCUT2D eigenvalue weighted by Gasteiger charge is -2.33. The first kappa shape index (κ1) is 28.9. The number of thiophene rings is 1. The van der Waals surface area contributed by atoms with E-state index in [1.807, 2.05) is 66.7 Å². The average molecular weight is 587 g/mol. The Bertz CT molecular complexity index is 1620. The Morgan fingerprint density at radius 2 is 1.76 bits per heavy atom. The molecule has 6 nitrogen and oxygen atoms in total. The van der Waals surface area contributed by atoms with Gasteiger partial charge in [-0.05, 0) is 77.3 Å². The molecule has 1 aliphatic rings. The summed E-state index contributed by atoms with van der Waals surface area (Å²) in [5, 5.41) is 8.59. The standard InChI is InChI=1S/C33H34N2O4S2/c1-33(2,3)23-14-15-26-27(17-23)41-31(29(26)32(38)39-4)35-28(36)19-40-25-11-7-10-24(18-25)34-30(37)22-13-12-20-8-5-6-9-21(20)16-22/h5-13,16,18,23H,14-15,17,19H2,1-4H3,(H,34,37)(H,35,36). The van der Waals surface area contributed by atoms with E-state index >= 15 is 0 Å². The van der Waals surface area contributed by atoms with Gasteiger partial charge in [-0.2, -0.15) is 0 Å². The molecule has 1 aliphatic carbocycles. The third-order valence-electron chi connectivity index (χ3n) is 7.61. The summed E-state index contributed by atoms with van der Waals surface area (Å²) in [6, 6.07) is 21.0. The molecule has 0 bridgehead atoms. The van der Waals surface area contributed by atoms with Crippen LogP contribution in [-0.2, 0) is 22.4 Å². The summed E-state index contributed by atoms with van der Waals surface area (Å²) >= 11 is 2.86. The Balaban J connectivity index is 1.23. The summed E-state index contributed by atoms with van der Waals surface area (Å²) in [4.78, 5) is 40.6. The number of benzene rings is 3. The molecular weight excluding hydrogens is 553 g/mol. The third kappa shape index (κ3) is 6.66. The lowest BCUT2D eigenvalue weighted by molar-refractivity contribution is -0.113. The molecule has 1 aromatic heterocycles. The number of anilines is 2. The van der Waals surface area contributed by atoms with Crippen molar-refractivity contribution in [1.29, 1.82) is 0 Å². The Morgan fingerprint density at radius 3 is 2.51 bits per heavy atom. The quantitative estimate of drug-likeness (QED) is 0.170. The van der Waals surface area contributed by atoms with E-state index in [4.69, 9.17) is 4.74 Å². The number of fused-ring (bicyclic) bond motifs is 2. The summed E-state index contributed by atoms with van der Waals surface area (Å²) in [6.45, 7) is 6.75. The van der Waals surface area contributed by atoms with Crippen LogP contribution in [0.2, 0.25) is 0 Å². The van der Waals surface area contributed by atoms with Crippen LogP contribution in [0.3, 0.4) is 0 Å². The predicted octanol–water partition coefficient (Wildman–Crippen LogP) is 7.82. The minimum absolute atomic E-state index is 0.163. The first-order valence-corrected chi connectivity index (χ1v) is 15.5. The molecule has 3 aromatic carbocycles. The van der Waals surface area contributed by atoms with E-state index in [1.54, 1.807) is 0 Å². The Hall–Kier alpha value is -3.62. The molecule has 4 aromatic rings. The van der Waals surface area contributed by atoms with E-state index in [0.717, 1.165) is 45.4 Å². The molecule has 8 heteroatoms. The highest BCUT2D eigenvalue weighted by Crippen LogP contribution is 2.44. The van der Waals surface area contributed by atoms with E-state index < -0.39 is 5.97 Å². The van der Waals surface area contributed by atoms with Crippen molar-refractivity contribution in [2.24, 2.45) is 11.3 Å². The molecular formula is C33H34N2O4S2. The molecule has 5 rings (SSSR count). The summed E-state index contributed by atoms with van der Waals surface area (Å²) < 4.78 is 5.08. The number of esters is 1. The summed E-state index contributed by atoms with van der Waals surface area (Å²) in [5.74, 6) is -0.115. The first-order chi connectivity index (χ1) is 19.6. The molecule has 0 spiro atoms. The Morgan fingerprint density at radius 1 is 0.976 bits per heavy atom. The van der Waals surface area contributed by atoms with Crippen LogP contribution in [0.15, 0.2) is 71.6 Å².